The monoisotopic (exact) mass is 397 g/mol. The molecule has 3 rings (SSSR count). The summed E-state index contributed by atoms with van der Waals surface area (Å²) in [5.41, 5.74) is 8.34. The van der Waals surface area contributed by atoms with E-state index in [1.807, 2.05) is 18.2 Å². The number of non-ortho nitro benzene ring substituents is 1. The highest BCUT2D eigenvalue weighted by molar-refractivity contribution is 14.1. The summed E-state index contributed by atoms with van der Waals surface area (Å²) >= 11 is 3.61. The van der Waals surface area contributed by atoms with Gasteiger partial charge in [0.2, 0.25) is 0 Å². The summed E-state index contributed by atoms with van der Waals surface area (Å²) in [5, 5.41) is 11.6. The Kier molecular flexibility index (Phi) is 3.30. The summed E-state index contributed by atoms with van der Waals surface area (Å²) in [4.78, 5) is 14.9. The van der Waals surface area contributed by atoms with Gasteiger partial charge in [0.05, 0.1) is 15.1 Å². The third-order valence-corrected chi connectivity index (χ3v) is 4.83. The molecule has 3 aromatic rings. The zero-order valence-corrected chi connectivity index (χ0v) is 13.0. The minimum atomic E-state index is -0.398. The highest BCUT2D eigenvalue weighted by Gasteiger charge is 2.11. The van der Waals surface area contributed by atoms with Crippen LogP contribution >= 0.6 is 33.9 Å². The fourth-order valence-corrected chi connectivity index (χ4v) is 3.32. The van der Waals surface area contributed by atoms with Crippen LogP contribution in [0, 0.1) is 13.7 Å². The lowest BCUT2D eigenvalue weighted by Crippen LogP contribution is -1.88. The van der Waals surface area contributed by atoms with Crippen molar-refractivity contribution < 1.29 is 4.92 Å². The first-order valence-corrected chi connectivity index (χ1v) is 7.54. The Hall–Kier alpha value is -1.74. The van der Waals surface area contributed by atoms with Crippen molar-refractivity contribution in [3.05, 3.63) is 50.1 Å². The number of thiazole rings is 1. The van der Waals surface area contributed by atoms with Crippen molar-refractivity contribution in [3.8, 4) is 10.6 Å². The van der Waals surface area contributed by atoms with Crippen molar-refractivity contribution in [2.45, 2.75) is 0 Å². The molecule has 0 radical (unpaired) electrons. The minimum absolute atomic E-state index is 0.0830. The SMILES string of the molecule is Nc1ccc(-c2nc3ccc([N+](=O)[O-])cc3s2)cc1I. The molecule has 0 bridgehead atoms. The Labute approximate surface area is 131 Å². The van der Waals surface area contributed by atoms with Crippen LogP contribution in [0.15, 0.2) is 36.4 Å². The van der Waals surface area contributed by atoms with E-state index in [1.165, 1.54) is 17.4 Å². The molecule has 0 amide bonds. The second-order valence-corrected chi connectivity index (χ2v) is 6.36. The third kappa shape index (κ3) is 2.34. The van der Waals surface area contributed by atoms with Gasteiger partial charge < -0.3 is 5.73 Å². The van der Waals surface area contributed by atoms with Crippen LogP contribution in [-0.2, 0) is 0 Å². The third-order valence-electron chi connectivity index (χ3n) is 2.83. The van der Waals surface area contributed by atoms with E-state index < -0.39 is 4.92 Å². The number of rotatable bonds is 2. The number of halogens is 1. The summed E-state index contributed by atoms with van der Waals surface area (Å²) in [6, 6.07) is 10.4. The number of hydrogen-bond donors (Lipinski definition) is 1. The smallest absolute Gasteiger partial charge is 0.270 e. The molecule has 5 nitrogen and oxygen atoms in total. The van der Waals surface area contributed by atoms with Crippen LogP contribution < -0.4 is 5.73 Å². The molecule has 100 valence electrons. The molecule has 20 heavy (non-hydrogen) atoms. The molecular weight excluding hydrogens is 389 g/mol. The van der Waals surface area contributed by atoms with Crippen LogP contribution in [0.4, 0.5) is 11.4 Å². The van der Waals surface area contributed by atoms with Crippen LogP contribution in [0.1, 0.15) is 0 Å². The summed E-state index contributed by atoms with van der Waals surface area (Å²) in [6.07, 6.45) is 0. The second kappa shape index (κ2) is 4.98. The molecule has 7 heteroatoms. The first kappa shape index (κ1) is 13.3. The summed E-state index contributed by atoms with van der Waals surface area (Å²) in [7, 11) is 0. The van der Waals surface area contributed by atoms with Gasteiger partial charge in [-0.1, -0.05) is 0 Å². The molecule has 0 spiro atoms. The standard InChI is InChI=1S/C13H8IN3O2S/c14-9-5-7(1-3-10(9)15)13-16-11-4-2-8(17(18)19)6-12(11)20-13/h1-6H,15H2. The summed E-state index contributed by atoms with van der Waals surface area (Å²) in [6.45, 7) is 0. The number of hydrogen-bond acceptors (Lipinski definition) is 5. The number of benzene rings is 2. The van der Waals surface area contributed by atoms with Gasteiger partial charge in [-0.2, -0.15) is 0 Å². The number of nitro benzene ring substituents is 1. The Balaban J connectivity index is 2.12. The van der Waals surface area contributed by atoms with E-state index in [-0.39, 0.29) is 5.69 Å². The van der Waals surface area contributed by atoms with Crippen LogP contribution in [0.3, 0.4) is 0 Å². The fourth-order valence-electron chi connectivity index (χ4n) is 1.81. The maximum atomic E-state index is 10.8. The zero-order valence-electron chi connectivity index (χ0n) is 10.0. The Bertz CT molecular complexity index is 832. The molecule has 0 aliphatic rings. The van der Waals surface area contributed by atoms with Gasteiger partial charge in [-0.05, 0) is 46.9 Å². The van der Waals surface area contributed by atoms with Gasteiger partial charge in [-0.3, -0.25) is 10.1 Å². The van der Waals surface area contributed by atoms with E-state index in [0.717, 1.165) is 30.0 Å². The van der Waals surface area contributed by atoms with Gasteiger partial charge in [0, 0.05) is 27.0 Å². The molecule has 2 N–H and O–H groups in total. The molecule has 1 aromatic heterocycles. The topological polar surface area (TPSA) is 82.0 Å². The van der Waals surface area contributed by atoms with E-state index in [2.05, 4.69) is 27.6 Å². The van der Waals surface area contributed by atoms with Crippen molar-refractivity contribution in [1.82, 2.24) is 4.98 Å². The lowest BCUT2D eigenvalue weighted by Gasteiger charge is -2.00. The maximum Gasteiger partial charge on any atom is 0.270 e. The van der Waals surface area contributed by atoms with E-state index >= 15 is 0 Å². The van der Waals surface area contributed by atoms with Crippen LogP contribution in [-0.4, -0.2) is 9.91 Å². The molecule has 0 saturated heterocycles. The number of aromatic nitrogens is 1. The highest BCUT2D eigenvalue weighted by atomic mass is 127. The lowest BCUT2D eigenvalue weighted by atomic mass is 10.2. The van der Waals surface area contributed by atoms with Gasteiger partial charge in [0.15, 0.2) is 0 Å². The molecule has 0 fully saturated rings. The second-order valence-electron chi connectivity index (χ2n) is 4.16. The summed E-state index contributed by atoms with van der Waals surface area (Å²) < 4.78 is 1.77. The van der Waals surface area contributed by atoms with Crippen molar-refractivity contribution in [2.24, 2.45) is 0 Å². The van der Waals surface area contributed by atoms with Crippen molar-refractivity contribution in [3.63, 3.8) is 0 Å². The van der Waals surface area contributed by atoms with Gasteiger partial charge in [-0.25, -0.2) is 4.98 Å². The Morgan fingerprint density at radius 2 is 2.05 bits per heavy atom. The molecule has 2 aromatic carbocycles. The molecule has 0 aliphatic carbocycles. The van der Waals surface area contributed by atoms with Gasteiger partial charge >= 0.3 is 0 Å². The van der Waals surface area contributed by atoms with Crippen molar-refractivity contribution >= 4 is 55.5 Å². The molecular formula is C13H8IN3O2S. The van der Waals surface area contributed by atoms with Gasteiger partial charge in [0.25, 0.3) is 5.69 Å². The Morgan fingerprint density at radius 3 is 2.75 bits per heavy atom. The summed E-state index contributed by atoms with van der Waals surface area (Å²) in [5.74, 6) is 0. The minimum Gasteiger partial charge on any atom is -0.398 e. The van der Waals surface area contributed by atoms with Crippen LogP contribution in [0.5, 0.6) is 0 Å². The lowest BCUT2D eigenvalue weighted by molar-refractivity contribution is -0.384. The number of nitrogens with zero attached hydrogens (tertiary/aromatic N) is 2. The molecule has 0 unspecified atom stereocenters. The molecule has 1 heterocycles. The number of anilines is 1. The van der Waals surface area contributed by atoms with Crippen molar-refractivity contribution in [2.75, 3.05) is 5.73 Å². The van der Waals surface area contributed by atoms with Gasteiger partial charge in [0.1, 0.15) is 5.01 Å². The van der Waals surface area contributed by atoms with E-state index in [0.29, 0.717) is 0 Å². The molecule has 0 saturated carbocycles. The first-order valence-electron chi connectivity index (χ1n) is 5.65. The normalized spacial score (nSPS) is 10.8. The van der Waals surface area contributed by atoms with Crippen molar-refractivity contribution in [1.29, 1.82) is 0 Å². The number of nitro groups is 1. The van der Waals surface area contributed by atoms with E-state index in [1.54, 1.807) is 12.1 Å². The Morgan fingerprint density at radius 1 is 1.25 bits per heavy atom. The predicted octanol–water partition coefficient (Wildman–Crippen LogP) is 4.06. The quantitative estimate of drug-likeness (QED) is 0.306. The van der Waals surface area contributed by atoms with E-state index in [9.17, 15) is 10.1 Å². The molecule has 0 aliphatic heterocycles. The predicted molar refractivity (Wildman–Crippen MR) is 88.8 cm³/mol. The van der Waals surface area contributed by atoms with E-state index in [4.69, 9.17) is 5.73 Å². The molecule has 0 atom stereocenters. The highest BCUT2D eigenvalue weighted by Crippen LogP contribution is 2.33. The van der Waals surface area contributed by atoms with Gasteiger partial charge in [-0.15, -0.1) is 11.3 Å². The van der Waals surface area contributed by atoms with Crippen LogP contribution in [0.25, 0.3) is 20.8 Å². The number of fused-ring (bicyclic) bond motifs is 1. The zero-order chi connectivity index (χ0) is 14.3. The fraction of sp³-hybridized carbons (Fsp3) is 0. The average Bonchev–Trinajstić information content (AvgIpc) is 2.84. The first-order chi connectivity index (χ1) is 9.54. The average molecular weight is 397 g/mol. The van der Waals surface area contributed by atoms with Crippen LogP contribution in [0.2, 0.25) is 0 Å². The largest absolute Gasteiger partial charge is 0.398 e. The maximum absolute atomic E-state index is 10.8. The number of nitrogens with two attached hydrogens (primary N) is 1. The number of nitrogen functional groups attached to an aromatic ring is 1.